The zero-order valence-electron chi connectivity index (χ0n) is 24.5. The van der Waals surface area contributed by atoms with Crippen LogP contribution < -0.4 is 26.6 Å². The average Bonchev–Trinajstić information content (AvgIpc) is 2.95. The summed E-state index contributed by atoms with van der Waals surface area (Å²) in [4.78, 5) is 23.5. The molecule has 0 amide bonds. The number of aromatic nitrogens is 2. The second-order valence-corrected chi connectivity index (χ2v) is 13.8. The lowest BCUT2D eigenvalue weighted by molar-refractivity contribution is 0.245. The lowest BCUT2D eigenvalue weighted by atomic mass is 9.86. The van der Waals surface area contributed by atoms with Gasteiger partial charge in [0.2, 0.25) is 5.95 Å². The van der Waals surface area contributed by atoms with Crippen LogP contribution in [0.15, 0.2) is 6.07 Å². The van der Waals surface area contributed by atoms with Gasteiger partial charge in [-0.05, 0) is 77.4 Å². The maximum Gasteiger partial charge on any atom is 0.329 e. The number of nitrogens with one attached hydrogen (secondary N) is 3. The van der Waals surface area contributed by atoms with Gasteiger partial charge in [0.05, 0.1) is 12.8 Å². The Morgan fingerprint density at radius 1 is 1.02 bits per heavy atom. The summed E-state index contributed by atoms with van der Waals surface area (Å²) in [5.74, 6) is 2.67. The molecule has 4 rings (SSSR count). The highest BCUT2D eigenvalue weighted by atomic mass is 31.2. The monoisotopic (exact) mass is 580 g/mol. The van der Waals surface area contributed by atoms with Crippen molar-refractivity contribution in [1.82, 2.24) is 25.5 Å². The van der Waals surface area contributed by atoms with Crippen molar-refractivity contribution in [3.8, 4) is 0 Å². The number of rotatable bonds is 15. The minimum atomic E-state index is -3.49. The Hall–Kier alpha value is -1.49. The van der Waals surface area contributed by atoms with Gasteiger partial charge >= 0.3 is 7.60 Å². The Morgan fingerprint density at radius 2 is 1.77 bits per heavy atom. The molecule has 0 spiro atoms. The molecule has 11 nitrogen and oxygen atoms in total. The third-order valence-corrected chi connectivity index (χ3v) is 10.1. The first-order valence-corrected chi connectivity index (χ1v) is 17.5. The van der Waals surface area contributed by atoms with Gasteiger partial charge in [-0.3, -0.25) is 9.46 Å². The van der Waals surface area contributed by atoms with E-state index in [-0.39, 0.29) is 12.8 Å². The fraction of sp³-hybridized carbons (Fsp3) is 0.857. The molecule has 3 aliphatic rings. The van der Waals surface area contributed by atoms with Crippen LogP contribution in [-0.2, 0) is 9.09 Å². The minimum Gasteiger partial charge on any atom is -0.383 e. The number of nitrogens with two attached hydrogens (primary N) is 1. The van der Waals surface area contributed by atoms with Gasteiger partial charge in [0, 0.05) is 50.9 Å². The predicted octanol–water partition coefficient (Wildman–Crippen LogP) is 3.28. The molecule has 1 aromatic heterocycles. The Morgan fingerprint density at radius 3 is 2.50 bits per heavy atom. The summed E-state index contributed by atoms with van der Waals surface area (Å²) in [5, 5.41) is 11.0. The molecule has 2 saturated carbocycles. The molecule has 228 valence electrons. The molecular formula is C28H53N8O3P. The summed E-state index contributed by atoms with van der Waals surface area (Å²) in [5.41, 5.74) is 6.16. The van der Waals surface area contributed by atoms with E-state index in [4.69, 9.17) is 15.2 Å². The molecule has 6 N–H and O–H groups in total. The van der Waals surface area contributed by atoms with Crippen LogP contribution in [0.1, 0.15) is 71.1 Å². The van der Waals surface area contributed by atoms with Crippen LogP contribution in [0.2, 0.25) is 0 Å². The molecule has 0 radical (unpaired) electrons. The summed E-state index contributed by atoms with van der Waals surface area (Å²) in [7, 11) is -3.49. The van der Waals surface area contributed by atoms with Crippen molar-refractivity contribution < 1.29 is 14.0 Å². The highest BCUT2D eigenvalue weighted by Gasteiger charge is 2.25. The first-order chi connectivity index (χ1) is 19.4. The molecule has 1 aromatic rings. The summed E-state index contributed by atoms with van der Waals surface area (Å²) in [6, 6.07) is 2.97. The molecule has 40 heavy (non-hydrogen) atoms. The fourth-order valence-electron chi connectivity index (χ4n) is 6.24. The predicted molar refractivity (Wildman–Crippen MR) is 163 cm³/mol. The van der Waals surface area contributed by atoms with E-state index in [1.807, 2.05) is 6.07 Å². The summed E-state index contributed by atoms with van der Waals surface area (Å²) >= 11 is 0. The van der Waals surface area contributed by atoms with E-state index in [9.17, 15) is 9.46 Å². The molecule has 12 heteroatoms. The summed E-state index contributed by atoms with van der Waals surface area (Å²) in [6.45, 7) is 9.06. The normalized spacial score (nSPS) is 24.6. The van der Waals surface area contributed by atoms with Crippen molar-refractivity contribution in [2.75, 3.05) is 81.1 Å². The highest BCUT2D eigenvalue weighted by Crippen LogP contribution is 2.41. The van der Waals surface area contributed by atoms with Crippen molar-refractivity contribution in [2.24, 2.45) is 5.92 Å². The standard InChI is InChI=1S/C28H53N8O3P/c1-2-39-40(37,38)20-19-35-15-17-36(18-16-35)27-21-26(29)33-28(34-27)32-25-11-9-23(10-12-25)22-30-13-6-14-31-24-7-4-3-5-8-24/h21,23-25,30-31H,2-20,22H2,1H3,(H,37,38)(H3,29,32,33,34)/t23-,25-. The van der Waals surface area contributed by atoms with Crippen molar-refractivity contribution in [2.45, 2.75) is 83.2 Å². The maximum atomic E-state index is 12.0. The van der Waals surface area contributed by atoms with E-state index in [1.54, 1.807) is 6.92 Å². The van der Waals surface area contributed by atoms with E-state index in [0.717, 1.165) is 76.4 Å². The smallest absolute Gasteiger partial charge is 0.329 e. The van der Waals surface area contributed by atoms with Gasteiger partial charge in [0.25, 0.3) is 0 Å². The van der Waals surface area contributed by atoms with Gasteiger partial charge in [-0.1, -0.05) is 19.3 Å². The van der Waals surface area contributed by atoms with Crippen LogP contribution in [0.3, 0.4) is 0 Å². The van der Waals surface area contributed by atoms with Gasteiger partial charge in [-0.2, -0.15) is 9.97 Å². The molecule has 0 aromatic carbocycles. The second kappa shape index (κ2) is 16.2. The lowest BCUT2D eigenvalue weighted by Crippen LogP contribution is -2.47. The maximum absolute atomic E-state index is 12.0. The van der Waals surface area contributed by atoms with Gasteiger partial charge in [0.15, 0.2) is 0 Å². The van der Waals surface area contributed by atoms with Gasteiger partial charge in [0.1, 0.15) is 11.6 Å². The molecular weight excluding hydrogens is 527 g/mol. The largest absolute Gasteiger partial charge is 0.383 e. The lowest BCUT2D eigenvalue weighted by Gasteiger charge is -2.35. The number of nitrogen functional groups attached to an aromatic ring is 1. The average molecular weight is 581 g/mol. The van der Waals surface area contributed by atoms with Crippen LogP contribution in [0, 0.1) is 5.92 Å². The third kappa shape index (κ3) is 10.7. The van der Waals surface area contributed by atoms with Gasteiger partial charge < -0.3 is 36.0 Å². The molecule has 3 fully saturated rings. The summed E-state index contributed by atoms with van der Waals surface area (Å²) in [6.07, 6.45) is 13.0. The quantitative estimate of drug-likeness (QED) is 0.154. The molecule has 2 heterocycles. The highest BCUT2D eigenvalue weighted by molar-refractivity contribution is 7.52. The van der Waals surface area contributed by atoms with Gasteiger partial charge in [-0.25, -0.2) is 0 Å². The van der Waals surface area contributed by atoms with E-state index >= 15 is 0 Å². The number of hydrogen-bond acceptors (Lipinski definition) is 10. The van der Waals surface area contributed by atoms with Crippen LogP contribution in [0.4, 0.5) is 17.6 Å². The topological polar surface area (TPSA) is 141 Å². The second-order valence-electron chi connectivity index (χ2n) is 11.8. The zero-order valence-corrected chi connectivity index (χ0v) is 25.4. The van der Waals surface area contributed by atoms with Crippen LogP contribution in [-0.4, -0.2) is 97.0 Å². The van der Waals surface area contributed by atoms with Crippen molar-refractivity contribution in [3.05, 3.63) is 6.07 Å². The van der Waals surface area contributed by atoms with Gasteiger partial charge in [-0.15, -0.1) is 0 Å². The van der Waals surface area contributed by atoms with Crippen LogP contribution in [0.5, 0.6) is 0 Å². The Kier molecular flexibility index (Phi) is 12.8. The Balaban J connectivity index is 1.12. The van der Waals surface area contributed by atoms with Crippen LogP contribution in [0.25, 0.3) is 0 Å². The molecule has 1 atom stereocenters. The molecule has 2 aliphatic carbocycles. The van der Waals surface area contributed by atoms with E-state index in [1.165, 1.54) is 51.4 Å². The van der Waals surface area contributed by atoms with Crippen LogP contribution >= 0.6 is 7.60 Å². The van der Waals surface area contributed by atoms with Crippen molar-refractivity contribution in [3.63, 3.8) is 0 Å². The molecule has 1 saturated heterocycles. The van der Waals surface area contributed by atoms with E-state index < -0.39 is 7.60 Å². The minimum absolute atomic E-state index is 0.158. The van der Waals surface area contributed by atoms with E-state index in [2.05, 4.69) is 30.7 Å². The Bertz CT molecular complexity index is 919. The zero-order chi connectivity index (χ0) is 28.2. The first-order valence-electron chi connectivity index (χ1n) is 15.7. The van der Waals surface area contributed by atoms with Crippen molar-refractivity contribution >= 4 is 25.2 Å². The summed E-state index contributed by atoms with van der Waals surface area (Å²) < 4.78 is 17.0. The number of hydrogen-bond donors (Lipinski definition) is 5. The first kappa shape index (κ1) is 31.4. The number of anilines is 3. The number of piperazine rings is 1. The fourth-order valence-corrected chi connectivity index (χ4v) is 7.31. The third-order valence-electron chi connectivity index (χ3n) is 8.64. The number of nitrogens with zero attached hydrogens (tertiary/aromatic N) is 4. The van der Waals surface area contributed by atoms with Crippen molar-refractivity contribution in [1.29, 1.82) is 0 Å². The molecule has 1 aliphatic heterocycles. The molecule has 1 unspecified atom stereocenters. The van der Waals surface area contributed by atoms with E-state index in [0.29, 0.717) is 24.4 Å². The molecule has 0 bridgehead atoms. The Labute approximate surface area is 240 Å². The SMILES string of the molecule is CCOP(=O)(O)CCN1CCN(c2cc(N)nc(N[C@H]3CC[C@H](CNCCCNC4CCCCC4)CC3)n2)CC1.